The molecule has 0 aromatic heterocycles. The summed E-state index contributed by atoms with van der Waals surface area (Å²) >= 11 is 0. The fourth-order valence-corrected chi connectivity index (χ4v) is 10.2. The maximum absolute atomic E-state index is 13.8. The van der Waals surface area contributed by atoms with Crippen molar-refractivity contribution >= 4 is 11.9 Å². The van der Waals surface area contributed by atoms with Crippen LogP contribution < -0.4 is 0 Å². The molecule has 6 fully saturated rings. The smallest absolute Gasteiger partial charge is 0.316 e. The second-order valence-electron chi connectivity index (χ2n) is 14.5. The molecule has 0 radical (unpaired) electrons. The molecule has 4 bridgehead atoms. The number of fused-ring (bicyclic) bond motifs is 1. The number of aliphatic carboxylic acids is 1. The number of carboxylic acids is 1. The van der Waals surface area contributed by atoms with Crippen molar-refractivity contribution < 1.29 is 79.2 Å². The molecule has 3 saturated carbocycles. The average Bonchev–Trinajstić information content (AvgIpc) is 3.47. The summed E-state index contributed by atoms with van der Waals surface area (Å²) in [5, 5.41) is 92.7. The number of rotatable bonds is 7. The second kappa shape index (κ2) is 11.0. The van der Waals surface area contributed by atoms with E-state index >= 15 is 0 Å². The molecule has 7 rings (SSSR count). The van der Waals surface area contributed by atoms with E-state index in [1.165, 1.54) is 6.92 Å². The minimum atomic E-state index is -1.76. The first kappa shape index (κ1) is 33.4. The summed E-state index contributed by atoms with van der Waals surface area (Å²) in [5.41, 5.74) is -4.69. The van der Waals surface area contributed by atoms with Crippen molar-refractivity contribution in [2.45, 2.75) is 111 Å². The highest BCUT2D eigenvalue weighted by Crippen LogP contribution is 2.78. The number of aliphatic hydroxyl groups is 8. The van der Waals surface area contributed by atoms with Crippen LogP contribution in [0.5, 0.6) is 0 Å². The Morgan fingerprint density at radius 2 is 1.55 bits per heavy atom. The highest BCUT2D eigenvalue weighted by molar-refractivity contribution is 5.86. The van der Waals surface area contributed by atoms with E-state index in [0.29, 0.717) is 12.0 Å². The lowest BCUT2D eigenvalue weighted by Crippen LogP contribution is -2.61. The maximum atomic E-state index is 13.8. The average molecular weight is 671 g/mol. The molecule has 16 heteroatoms. The summed E-state index contributed by atoms with van der Waals surface area (Å²) in [5.74, 6) is -4.57. The Hall–Kier alpha value is -2.06. The molecule has 7 aliphatic rings. The molecular weight excluding hydrogens is 628 g/mol. The van der Waals surface area contributed by atoms with Crippen LogP contribution in [0.4, 0.5) is 0 Å². The van der Waals surface area contributed by atoms with Gasteiger partial charge in [-0.05, 0) is 49.7 Å². The van der Waals surface area contributed by atoms with Gasteiger partial charge in [0.1, 0.15) is 59.8 Å². The molecule has 16 nitrogen and oxygen atoms in total. The first-order valence-electron chi connectivity index (χ1n) is 15.9. The molecule has 4 aliphatic carbocycles. The van der Waals surface area contributed by atoms with Gasteiger partial charge in [-0.2, -0.15) is 0 Å². The van der Waals surface area contributed by atoms with Crippen molar-refractivity contribution in [2.24, 2.45) is 28.6 Å². The summed E-state index contributed by atoms with van der Waals surface area (Å²) < 4.78 is 29.8. The van der Waals surface area contributed by atoms with Gasteiger partial charge >= 0.3 is 11.9 Å². The van der Waals surface area contributed by atoms with Gasteiger partial charge in [-0.1, -0.05) is 12.7 Å². The van der Waals surface area contributed by atoms with E-state index < -0.39 is 132 Å². The minimum absolute atomic E-state index is 0.105. The van der Waals surface area contributed by atoms with Crippen LogP contribution in [0.3, 0.4) is 0 Å². The predicted molar refractivity (Wildman–Crippen MR) is 150 cm³/mol. The summed E-state index contributed by atoms with van der Waals surface area (Å²) in [6.07, 6.45) is -12.7. The van der Waals surface area contributed by atoms with E-state index in [9.17, 15) is 55.5 Å². The lowest BCUT2D eigenvalue weighted by Gasteiger charge is -2.48. The van der Waals surface area contributed by atoms with Crippen molar-refractivity contribution in [3.8, 4) is 0 Å². The van der Waals surface area contributed by atoms with E-state index in [0.717, 1.165) is 0 Å². The van der Waals surface area contributed by atoms with Crippen molar-refractivity contribution in [3.05, 3.63) is 24.3 Å². The van der Waals surface area contributed by atoms with Gasteiger partial charge in [0.15, 0.2) is 12.6 Å². The summed E-state index contributed by atoms with van der Waals surface area (Å²) in [7, 11) is 0. The van der Waals surface area contributed by atoms with Gasteiger partial charge in [-0.15, -0.1) is 0 Å². The largest absolute Gasteiger partial charge is 0.481 e. The zero-order valence-electron chi connectivity index (χ0n) is 25.6. The molecule has 0 unspecified atom stereocenters. The molecule has 9 N–H and O–H groups in total. The molecule has 1 spiro atoms. The highest BCUT2D eigenvalue weighted by atomic mass is 16.7. The maximum Gasteiger partial charge on any atom is 0.316 e. The van der Waals surface area contributed by atoms with E-state index in [-0.39, 0.29) is 19.3 Å². The van der Waals surface area contributed by atoms with Crippen LogP contribution in [-0.2, 0) is 33.3 Å². The number of ether oxygens (including phenoxy) is 5. The highest BCUT2D eigenvalue weighted by Gasteiger charge is 2.84. The summed E-state index contributed by atoms with van der Waals surface area (Å²) in [6, 6.07) is 0. The summed E-state index contributed by atoms with van der Waals surface area (Å²) in [6.45, 7) is 4.43. The Bertz CT molecular complexity index is 1350. The Morgan fingerprint density at radius 3 is 2.15 bits per heavy atom. The fraction of sp³-hybridized carbons (Fsp3) is 0.806. The SMILES string of the molecule is C=C1C[C@]23C[C@@]1(O[C@@H]1O[C@H](CO)[C@@H](O)[C@H](O)[C@H]1O)CC[C@H]2[C@@]12C=C[C@H](O[C@@H]4O[C@H](CO)[C@@H](O)[C@H](O)[C@H]4O)[C@@](C)(C(=O)O1)[C@H]2[C@@H]3C(=O)O. The lowest BCUT2D eigenvalue weighted by molar-refractivity contribution is -0.326. The van der Waals surface area contributed by atoms with E-state index in [2.05, 4.69) is 6.58 Å². The normalized spacial score (nSPS) is 56.3. The Labute approximate surface area is 268 Å². The molecular formula is C31H42O16. The number of carbonyl (C=O) groups excluding carboxylic acids is 1. The van der Waals surface area contributed by atoms with E-state index in [1.54, 1.807) is 12.2 Å². The van der Waals surface area contributed by atoms with Gasteiger partial charge < -0.3 is 69.6 Å². The third-order valence-corrected chi connectivity index (χ3v) is 12.4. The monoisotopic (exact) mass is 670 g/mol. The number of carboxylic acid groups (broad SMARTS) is 1. The third-order valence-electron chi connectivity index (χ3n) is 12.4. The van der Waals surface area contributed by atoms with Crippen molar-refractivity contribution in [1.82, 2.24) is 0 Å². The molecule has 47 heavy (non-hydrogen) atoms. The standard InChI is InChI=1S/C31H42O16/c1-11-7-29-10-30(11,46-26-22(39)20(37)18(35)13(9-33)44-26)5-3-14(29)31-6-4-15(28(2,27(42)47-31)23(31)16(29)24(40)41)45-25-21(38)19(36)17(34)12(8-32)43-25/h4,6,12-23,25-26,32-39H,1,3,5,7-10H2,2H3,(H,40,41)/t12-,13-,14-,15+,16-,17-,18-,19+,20+,21-,22-,23-,25+,26+,28-,29+,30+,31-/m1/s1. The zero-order chi connectivity index (χ0) is 34.0. The Balaban J connectivity index is 1.22. The molecule has 262 valence electrons. The predicted octanol–water partition coefficient (Wildman–Crippen LogP) is -3.32. The van der Waals surface area contributed by atoms with Gasteiger partial charge in [-0.25, -0.2) is 0 Å². The second-order valence-corrected chi connectivity index (χ2v) is 14.5. The number of hydrogen-bond donors (Lipinski definition) is 9. The van der Waals surface area contributed by atoms with Crippen LogP contribution in [0.25, 0.3) is 0 Å². The van der Waals surface area contributed by atoms with Gasteiger partial charge in [-0.3, -0.25) is 9.59 Å². The molecule has 3 heterocycles. The zero-order valence-corrected chi connectivity index (χ0v) is 25.6. The van der Waals surface area contributed by atoms with Crippen LogP contribution in [0.2, 0.25) is 0 Å². The Morgan fingerprint density at radius 1 is 0.957 bits per heavy atom. The number of esters is 1. The quantitative estimate of drug-likeness (QED) is 0.0948. The summed E-state index contributed by atoms with van der Waals surface area (Å²) in [4.78, 5) is 27.2. The van der Waals surface area contributed by atoms with Crippen LogP contribution in [0, 0.1) is 28.6 Å². The Kier molecular flexibility index (Phi) is 7.80. The van der Waals surface area contributed by atoms with E-state index in [4.69, 9.17) is 23.7 Å². The number of hydrogen-bond acceptors (Lipinski definition) is 15. The topological polar surface area (TPSA) is 262 Å². The molecule has 18 atom stereocenters. The van der Waals surface area contributed by atoms with Crippen molar-refractivity contribution in [1.29, 1.82) is 0 Å². The first-order chi connectivity index (χ1) is 22.1. The fourth-order valence-electron chi connectivity index (χ4n) is 10.2. The van der Waals surface area contributed by atoms with Gasteiger partial charge in [0.2, 0.25) is 0 Å². The van der Waals surface area contributed by atoms with Crippen LogP contribution >= 0.6 is 0 Å². The third kappa shape index (κ3) is 4.24. The number of carbonyl (C=O) groups is 2. The van der Waals surface area contributed by atoms with Crippen LogP contribution in [0.1, 0.15) is 32.6 Å². The van der Waals surface area contributed by atoms with Gasteiger partial charge in [0.25, 0.3) is 0 Å². The molecule has 3 aliphatic heterocycles. The van der Waals surface area contributed by atoms with E-state index in [1.807, 2.05) is 0 Å². The van der Waals surface area contributed by atoms with Gasteiger partial charge in [0.05, 0.1) is 30.8 Å². The molecule has 0 amide bonds. The lowest BCUT2D eigenvalue weighted by atomic mass is 9.61. The molecule has 3 saturated heterocycles. The van der Waals surface area contributed by atoms with Gasteiger partial charge in [0, 0.05) is 11.8 Å². The van der Waals surface area contributed by atoms with Crippen LogP contribution in [-0.4, -0.2) is 150 Å². The number of aliphatic hydroxyl groups excluding tert-OH is 8. The molecule has 0 aromatic carbocycles. The molecule has 0 aromatic rings. The van der Waals surface area contributed by atoms with Crippen molar-refractivity contribution in [2.75, 3.05) is 13.2 Å². The first-order valence-corrected chi connectivity index (χ1v) is 15.9. The van der Waals surface area contributed by atoms with Crippen LogP contribution in [0.15, 0.2) is 24.3 Å². The minimum Gasteiger partial charge on any atom is -0.481 e. The van der Waals surface area contributed by atoms with Crippen molar-refractivity contribution in [3.63, 3.8) is 0 Å².